The molecule has 1 aromatic carbocycles. The van der Waals surface area contributed by atoms with E-state index in [1.807, 2.05) is 6.07 Å². The van der Waals surface area contributed by atoms with E-state index in [0.717, 1.165) is 10.0 Å². The van der Waals surface area contributed by atoms with Crippen LogP contribution in [0.15, 0.2) is 22.7 Å². The molecule has 1 aliphatic heterocycles. The van der Waals surface area contributed by atoms with Gasteiger partial charge in [-0.2, -0.15) is 0 Å². The van der Waals surface area contributed by atoms with E-state index in [9.17, 15) is 5.11 Å². The van der Waals surface area contributed by atoms with Crippen molar-refractivity contribution in [1.82, 2.24) is 0 Å². The number of rotatable bonds is 1. The van der Waals surface area contributed by atoms with Crippen molar-refractivity contribution >= 4 is 15.9 Å². The van der Waals surface area contributed by atoms with Crippen molar-refractivity contribution in [2.45, 2.75) is 6.29 Å². The van der Waals surface area contributed by atoms with Crippen molar-refractivity contribution < 1.29 is 14.6 Å². The highest BCUT2D eigenvalue weighted by Crippen LogP contribution is 2.29. The first-order valence-corrected chi connectivity index (χ1v) is 4.78. The van der Waals surface area contributed by atoms with Gasteiger partial charge in [0.25, 0.3) is 0 Å². The minimum Gasteiger partial charge on any atom is -0.508 e. The molecule has 2 rings (SSSR count). The maximum atomic E-state index is 9.31. The number of aromatic hydroxyl groups is 1. The second kappa shape index (κ2) is 3.65. The standard InChI is InChI=1S/C9H9BrO3/c10-7-3-6(4-8(11)5-7)9-12-1-2-13-9/h3-5,9,11H,1-2H2. The third-order valence-corrected chi connectivity index (χ3v) is 2.26. The predicted molar refractivity (Wildman–Crippen MR) is 50.5 cm³/mol. The Hall–Kier alpha value is -0.580. The normalized spacial score (nSPS) is 17.9. The molecule has 3 nitrogen and oxygen atoms in total. The highest BCUT2D eigenvalue weighted by molar-refractivity contribution is 9.10. The van der Waals surface area contributed by atoms with Crippen LogP contribution < -0.4 is 0 Å². The second-order valence-corrected chi connectivity index (χ2v) is 3.73. The van der Waals surface area contributed by atoms with Crippen LogP contribution in [0, 0.1) is 0 Å². The number of hydrogen-bond donors (Lipinski definition) is 1. The van der Waals surface area contributed by atoms with Crippen LogP contribution in [0.2, 0.25) is 0 Å². The van der Waals surface area contributed by atoms with Crippen molar-refractivity contribution in [2.24, 2.45) is 0 Å². The van der Waals surface area contributed by atoms with Gasteiger partial charge >= 0.3 is 0 Å². The van der Waals surface area contributed by atoms with Crippen LogP contribution in [0.1, 0.15) is 11.9 Å². The maximum absolute atomic E-state index is 9.31. The second-order valence-electron chi connectivity index (χ2n) is 2.82. The summed E-state index contributed by atoms with van der Waals surface area (Å²) in [4.78, 5) is 0. The molecule has 1 aromatic rings. The van der Waals surface area contributed by atoms with E-state index in [1.165, 1.54) is 0 Å². The third-order valence-electron chi connectivity index (χ3n) is 1.80. The monoisotopic (exact) mass is 244 g/mol. The number of hydrogen-bond acceptors (Lipinski definition) is 3. The molecule has 1 N–H and O–H groups in total. The lowest BCUT2D eigenvalue weighted by Crippen LogP contribution is -1.97. The highest BCUT2D eigenvalue weighted by atomic mass is 79.9. The van der Waals surface area contributed by atoms with E-state index in [1.54, 1.807) is 12.1 Å². The van der Waals surface area contributed by atoms with Crippen molar-refractivity contribution in [3.63, 3.8) is 0 Å². The third kappa shape index (κ3) is 2.02. The first-order valence-electron chi connectivity index (χ1n) is 3.98. The fourth-order valence-electron chi connectivity index (χ4n) is 1.28. The van der Waals surface area contributed by atoms with Crippen molar-refractivity contribution in [3.05, 3.63) is 28.2 Å². The largest absolute Gasteiger partial charge is 0.508 e. The highest BCUT2D eigenvalue weighted by Gasteiger charge is 2.18. The van der Waals surface area contributed by atoms with Gasteiger partial charge < -0.3 is 14.6 Å². The Morgan fingerprint density at radius 3 is 2.54 bits per heavy atom. The Bertz CT molecular complexity index is 287. The van der Waals surface area contributed by atoms with E-state index in [0.29, 0.717) is 13.2 Å². The molecule has 0 unspecified atom stereocenters. The van der Waals surface area contributed by atoms with Gasteiger partial charge in [-0.05, 0) is 18.2 Å². The molecular formula is C9H9BrO3. The number of ether oxygens (including phenoxy) is 2. The minimum atomic E-state index is -0.330. The van der Waals surface area contributed by atoms with Crippen LogP contribution in [0.5, 0.6) is 5.75 Å². The Balaban J connectivity index is 2.28. The molecule has 0 amide bonds. The lowest BCUT2D eigenvalue weighted by molar-refractivity contribution is -0.0442. The van der Waals surface area contributed by atoms with Gasteiger partial charge in [-0.15, -0.1) is 0 Å². The summed E-state index contributed by atoms with van der Waals surface area (Å²) >= 11 is 3.29. The molecule has 0 aliphatic carbocycles. The van der Waals surface area contributed by atoms with E-state index in [2.05, 4.69) is 15.9 Å². The molecule has 1 fully saturated rings. The minimum absolute atomic E-state index is 0.212. The molecule has 70 valence electrons. The van der Waals surface area contributed by atoms with Crippen LogP contribution in [-0.2, 0) is 9.47 Å². The SMILES string of the molecule is Oc1cc(Br)cc(C2OCCO2)c1. The molecule has 0 spiro atoms. The average molecular weight is 245 g/mol. The van der Waals surface area contributed by atoms with Gasteiger partial charge in [-0.3, -0.25) is 0 Å². The van der Waals surface area contributed by atoms with Crippen LogP contribution in [-0.4, -0.2) is 18.3 Å². The van der Waals surface area contributed by atoms with Crippen LogP contribution in [0.4, 0.5) is 0 Å². The Kier molecular flexibility index (Phi) is 2.53. The van der Waals surface area contributed by atoms with E-state index < -0.39 is 0 Å². The van der Waals surface area contributed by atoms with Crippen LogP contribution >= 0.6 is 15.9 Å². The van der Waals surface area contributed by atoms with Gasteiger partial charge in [-0.1, -0.05) is 15.9 Å². The Morgan fingerprint density at radius 1 is 1.23 bits per heavy atom. The zero-order valence-electron chi connectivity index (χ0n) is 6.87. The molecule has 0 saturated carbocycles. The maximum Gasteiger partial charge on any atom is 0.184 e. The molecule has 0 atom stereocenters. The van der Waals surface area contributed by atoms with Crippen LogP contribution in [0.3, 0.4) is 0 Å². The van der Waals surface area contributed by atoms with Crippen molar-refractivity contribution in [2.75, 3.05) is 13.2 Å². The molecule has 0 bridgehead atoms. The molecule has 13 heavy (non-hydrogen) atoms. The first kappa shape index (κ1) is 8.99. The van der Waals surface area contributed by atoms with Gasteiger partial charge in [0.1, 0.15) is 5.75 Å². The lowest BCUT2D eigenvalue weighted by Gasteiger charge is -2.09. The van der Waals surface area contributed by atoms with E-state index in [4.69, 9.17) is 9.47 Å². The molecule has 4 heteroatoms. The number of benzene rings is 1. The van der Waals surface area contributed by atoms with Gasteiger partial charge in [0.15, 0.2) is 6.29 Å². The van der Waals surface area contributed by atoms with E-state index >= 15 is 0 Å². The van der Waals surface area contributed by atoms with Crippen molar-refractivity contribution in [3.8, 4) is 5.75 Å². The van der Waals surface area contributed by atoms with Gasteiger partial charge in [0.2, 0.25) is 0 Å². The van der Waals surface area contributed by atoms with Gasteiger partial charge in [-0.25, -0.2) is 0 Å². The summed E-state index contributed by atoms with van der Waals surface area (Å²) in [5.74, 6) is 0.212. The zero-order valence-corrected chi connectivity index (χ0v) is 8.45. The summed E-state index contributed by atoms with van der Waals surface area (Å²) < 4.78 is 11.4. The lowest BCUT2D eigenvalue weighted by atomic mass is 10.2. The molecule has 1 saturated heterocycles. The summed E-state index contributed by atoms with van der Waals surface area (Å²) in [6.45, 7) is 1.22. The van der Waals surface area contributed by atoms with Crippen molar-refractivity contribution in [1.29, 1.82) is 0 Å². The quantitative estimate of drug-likeness (QED) is 0.824. The molecule has 1 aliphatic rings. The summed E-state index contributed by atoms with van der Waals surface area (Å²) in [6, 6.07) is 5.13. The Morgan fingerprint density at radius 2 is 1.92 bits per heavy atom. The smallest absolute Gasteiger partial charge is 0.184 e. The Labute approximate surface area is 84.4 Å². The first-order chi connectivity index (χ1) is 6.25. The number of halogens is 1. The fourth-order valence-corrected chi connectivity index (χ4v) is 1.78. The fraction of sp³-hybridized carbons (Fsp3) is 0.333. The average Bonchev–Trinajstić information content (AvgIpc) is 2.53. The van der Waals surface area contributed by atoms with Gasteiger partial charge in [0.05, 0.1) is 13.2 Å². The van der Waals surface area contributed by atoms with Gasteiger partial charge in [0, 0.05) is 10.0 Å². The number of phenolic OH excluding ortho intramolecular Hbond substituents is 1. The summed E-state index contributed by atoms with van der Waals surface area (Å²) in [6.07, 6.45) is -0.330. The topological polar surface area (TPSA) is 38.7 Å². The van der Waals surface area contributed by atoms with E-state index in [-0.39, 0.29) is 12.0 Å². The summed E-state index contributed by atoms with van der Waals surface area (Å²) in [7, 11) is 0. The molecule has 0 aromatic heterocycles. The molecule has 1 heterocycles. The van der Waals surface area contributed by atoms with Crippen LogP contribution in [0.25, 0.3) is 0 Å². The molecular weight excluding hydrogens is 236 g/mol. The predicted octanol–water partition coefficient (Wildman–Crippen LogP) is 2.20. The summed E-state index contributed by atoms with van der Waals surface area (Å²) in [5, 5.41) is 9.31. The molecule has 0 radical (unpaired) electrons. The summed E-state index contributed by atoms with van der Waals surface area (Å²) in [5.41, 5.74) is 0.837. The number of phenols is 1. The zero-order chi connectivity index (χ0) is 9.26.